The molecule has 0 bridgehead atoms. The van der Waals surface area contributed by atoms with E-state index in [0.29, 0.717) is 18.0 Å². The maximum absolute atomic E-state index is 12.4. The van der Waals surface area contributed by atoms with Crippen molar-refractivity contribution in [2.24, 2.45) is 0 Å². The predicted octanol–water partition coefficient (Wildman–Crippen LogP) is 3.65. The lowest BCUT2D eigenvalue weighted by Crippen LogP contribution is -2.58. The summed E-state index contributed by atoms with van der Waals surface area (Å²) in [6.07, 6.45) is 4.10. The van der Waals surface area contributed by atoms with Crippen LogP contribution in [0.5, 0.6) is 11.5 Å². The van der Waals surface area contributed by atoms with E-state index in [1.54, 1.807) is 14.2 Å². The second kappa shape index (κ2) is 6.30. The zero-order valence-corrected chi connectivity index (χ0v) is 17.0. The van der Waals surface area contributed by atoms with Gasteiger partial charge >= 0.3 is 0 Å². The molecule has 0 aromatic heterocycles. The third kappa shape index (κ3) is 2.42. The smallest absolute Gasteiger partial charge is 0.241 e. The number of nitrogens with zero attached hydrogens (tertiary/aromatic N) is 1. The molecular formula is C23H26N2O3. The maximum atomic E-state index is 12.4. The number of fused-ring (bicyclic) bond motifs is 3. The van der Waals surface area contributed by atoms with Crippen molar-refractivity contribution in [1.29, 1.82) is 0 Å². The Hall–Kier alpha value is -2.95. The monoisotopic (exact) mass is 378 g/mol. The Balaban J connectivity index is 1.84. The van der Waals surface area contributed by atoms with E-state index >= 15 is 0 Å². The molecule has 146 valence electrons. The molecule has 0 saturated carbocycles. The van der Waals surface area contributed by atoms with E-state index in [4.69, 9.17) is 9.47 Å². The number of amides is 1. The van der Waals surface area contributed by atoms with Crippen molar-refractivity contribution in [3.8, 4) is 11.5 Å². The summed E-state index contributed by atoms with van der Waals surface area (Å²) in [7, 11) is 3.26. The fraction of sp³-hybridized carbons (Fsp3) is 0.348. The summed E-state index contributed by atoms with van der Waals surface area (Å²) in [5, 5.41) is 3.25. The van der Waals surface area contributed by atoms with Crippen molar-refractivity contribution in [2.45, 2.75) is 31.8 Å². The minimum Gasteiger partial charge on any atom is -0.493 e. The van der Waals surface area contributed by atoms with Crippen LogP contribution in [0.15, 0.2) is 42.5 Å². The first-order valence-corrected chi connectivity index (χ1v) is 9.44. The zero-order chi connectivity index (χ0) is 20.1. The van der Waals surface area contributed by atoms with E-state index in [1.165, 1.54) is 11.1 Å². The SMILES string of the molecule is COc1cccc(/C=C/C23NC(=O)CN2c2ccc(C)cc2C3(C)C)c1OC. The van der Waals surface area contributed by atoms with Gasteiger partial charge in [0.1, 0.15) is 5.66 Å². The van der Waals surface area contributed by atoms with Gasteiger partial charge in [0, 0.05) is 16.7 Å². The van der Waals surface area contributed by atoms with Gasteiger partial charge in [0.2, 0.25) is 5.91 Å². The van der Waals surface area contributed by atoms with Gasteiger partial charge in [0.25, 0.3) is 0 Å². The van der Waals surface area contributed by atoms with Gasteiger partial charge in [-0.1, -0.05) is 49.8 Å². The van der Waals surface area contributed by atoms with Crippen LogP contribution >= 0.6 is 0 Å². The van der Waals surface area contributed by atoms with Crippen molar-refractivity contribution in [3.63, 3.8) is 0 Å². The zero-order valence-electron chi connectivity index (χ0n) is 17.0. The number of carbonyl (C=O) groups excluding carboxylic acids is 1. The summed E-state index contributed by atoms with van der Waals surface area (Å²) in [4.78, 5) is 14.6. The quantitative estimate of drug-likeness (QED) is 0.882. The van der Waals surface area contributed by atoms with Gasteiger partial charge in [-0.25, -0.2) is 0 Å². The van der Waals surface area contributed by atoms with Gasteiger partial charge in [0.15, 0.2) is 11.5 Å². The highest BCUT2D eigenvalue weighted by molar-refractivity contribution is 5.91. The third-order valence-corrected chi connectivity index (χ3v) is 6.06. The number of para-hydroxylation sites is 1. The molecule has 2 aliphatic heterocycles. The van der Waals surface area contributed by atoms with Crippen LogP contribution in [0.2, 0.25) is 0 Å². The highest BCUT2D eigenvalue weighted by Crippen LogP contribution is 2.53. The van der Waals surface area contributed by atoms with Crippen LogP contribution in [0, 0.1) is 6.92 Å². The molecule has 1 saturated heterocycles. The largest absolute Gasteiger partial charge is 0.493 e. The molecule has 5 nitrogen and oxygen atoms in total. The van der Waals surface area contributed by atoms with Gasteiger partial charge in [-0.2, -0.15) is 0 Å². The number of ether oxygens (including phenoxy) is 2. The lowest BCUT2D eigenvalue weighted by atomic mass is 9.75. The molecule has 5 heteroatoms. The molecule has 1 fully saturated rings. The van der Waals surface area contributed by atoms with E-state index < -0.39 is 5.66 Å². The number of hydrogen-bond acceptors (Lipinski definition) is 4. The summed E-state index contributed by atoms with van der Waals surface area (Å²) in [6, 6.07) is 12.2. The number of benzene rings is 2. The fourth-order valence-corrected chi connectivity index (χ4v) is 4.54. The van der Waals surface area contributed by atoms with Crippen molar-refractivity contribution in [2.75, 3.05) is 25.7 Å². The number of rotatable bonds is 4. The van der Waals surface area contributed by atoms with Crippen LogP contribution in [0.3, 0.4) is 0 Å². The molecular weight excluding hydrogens is 352 g/mol. The Morgan fingerprint density at radius 2 is 1.93 bits per heavy atom. The second-order valence-corrected chi connectivity index (χ2v) is 7.96. The summed E-state index contributed by atoms with van der Waals surface area (Å²) in [6.45, 7) is 6.81. The standard InChI is InChI=1S/C23H26N2O3/c1-15-9-10-18-17(13-15)22(2,3)23(24-20(26)14-25(18)23)12-11-16-7-6-8-19(27-4)21(16)28-5/h6-13H,14H2,1-5H3,(H,24,26)/b12-11+. The van der Waals surface area contributed by atoms with Crippen molar-refractivity contribution < 1.29 is 14.3 Å². The Kier molecular flexibility index (Phi) is 4.14. The molecule has 0 radical (unpaired) electrons. The normalized spacial score (nSPS) is 22.2. The summed E-state index contributed by atoms with van der Waals surface area (Å²) < 4.78 is 11.0. The van der Waals surface area contributed by atoms with Crippen LogP contribution in [-0.4, -0.2) is 32.3 Å². The van der Waals surface area contributed by atoms with Crippen LogP contribution in [0.25, 0.3) is 6.08 Å². The van der Waals surface area contributed by atoms with Crippen LogP contribution < -0.4 is 19.7 Å². The number of anilines is 1. The molecule has 2 heterocycles. The number of aryl methyl sites for hydroxylation is 1. The minimum absolute atomic E-state index is 0.0292. The Morgan fingerprint density at radius 3 is 2.64 bits per heavy atom. The van der Waals surface area contributed by atoms with Gasteiger partial charge in [0.05, 0.1) is 20.8 Å². The molecule has 2 aliphatic rings. The second-order valence-electron chi connectivity index (χ2n) is 7.96. The van der Waals surface area contributed by atoms with Gasteiger partial charge in [-0.15, -0.1) is 0 Å². The van der Waals surface area contributed by atoms with E-state index in [0.717, 1.165) is 11.3 Å². The highest BCUT2D eigenvalue weighted by Gasteiger charge is 2.59. The molecule has 2 aromatic carbocycles. The van der Waals surface area contributed by atoms with Gasteiger partial charge in [-0.05, 0) is 30.7 Å². The maximum Gasteiger partial charge on any atom is 0.241 e. The highest BCUT2D eigenvalue weighted by atomic mass is 16.5. The molecule has 1 unspecified atom stereocenters. The van der Waals surface area contributed by atoms with Crippen molar-refractivity contribution >= 4 is 17.7 Å². The molecule has 1 N–H and O–H groups in total. The third-order valence-electron chi connectivity index (χ3n) is 6.06. The lowest BCUT2D eigenvalue weighted by Gasteiger charge is -2.40. The number of methoxy groups -OCH3 is 2. The summed E-state index contributed by atoms with van der Waals surface area (Å²) in [5.41, 5.74) is 3.54. The minimum atomic E-state index is -0.631. The first kappa shape index (κ1) is 18.4. The first-order chi connectivity index (χ1) is 13.3. The predicted molar refractivity (Wildman–Crippen MR) is 111 cm³/mol. The average molecular weight is 378 g/mol. The molecule has 1 atom stereocenters. The Labute approximate surface area is 165 Å². The molecule has 0 aliphatic carbocycles. The van der Waals surface area contributed by atoms with E-state index in [-0.39, 0.29) is 11.3 Å². The van der Waals surface area contributed by atoms with Gasteiger partial charge < -0.3 is 19.7 Å². The fourth-order valence-electron chi connectivity index (χ4n) is 4.54. The number of nitrogens with one attached hydrogen (secondary N) is 1. The van der Waals surface area contributed by atoms with Crippen LogP contribution in [0.1, 0.15) is 30.5 Å². The lowest BCUT2D eigenvalue weighted by molar-refractivity contribution is -0.118. The number of hydrogen-bond donors (Lipinski definition) is 1. The molecule has 4 rings (SSSR count). The van der Waals surface area contributed by atoms with Crippen molar-refractivity contribution in [3.05, 3.63) is 59.2 Å². The van der Waals surface area contributed by atoms with Crippen LogP contribution in [0.4, 0.5) is 5.69 Å². The topological polar surface area (TPSA) is 50.8 Å². The van der Waals surface area contributed by atoms with E-state index in [1.807, 2.05) is 24.3 Å². The molecule has 2 aromatic rings. The first-order valence-electron chi connectivity index (χ1n) is 9.44. The van der Waals surface area contributed by atoms with E-state index in [2.05, 4.69) is 55.3 Å². The number of carbonyl (C=O) groups is 1. The summed E-state index contributed by atoms with van der Waals surface area (Å²) >= 11 is 0. The molecule has 28 heavy (non-hydrogen) atoms. The molecule has 1 amide bonds. The Bertz CT molecular complexity index is 980. The Morgan fingerprint density at radius 1 is 1.14 bits per heavy atom. The van der Waals surface area contributed by atoms with Gasteiger partial charge in [-0.3, -0.25) is 4.79 Å². The average Bonchev–Trinajstić information content (AvgIpc) is 3.10. The van der Waals surface area contributed by atoms with E-state index in [9.17, 15) is 4.79 Å². The van der Waals surface area contributed by atoms with Crippen LogP contribution in [-0.2, 0) is 10.2 Å². The summed E-state index contributed by atoms with van der Waals surface area (Å²) in [5.74, 6) is 1.39. The van der Waals surface area contributed by atoms with Crippen molar-refractivity contribution in [1.82, 2.24) is 5.32 Å². The molecule has 0 spiro atoms.